The van der Waals surface area contributed by atoms with Crippen LogP contribution in [0.5, 0.6) is 0 Å². The Kier molecular flexibility index (Phi) is 3.28. The molecule has 0 aromatic rings. The Morgan fingerprint density at radius 2 is 1.85 bits per heavy atom. The first-order valence-electron chi connectivity index (χ1n) is 9.42. The number of allylic oxidation sites excluding steroid dienone is 2. The topological polar surface area (TPSA) is 0 Å². The van der Waals surface area contributed by atoms with Crippen LogP contribution in [0.1, 0.15) is 78.1 Å². The van der Waals surface area contributed by atoms with E-state index in [-0.39, 0.29) is 0 Å². The maximum absolute atomic E-state index is 2.71. The fraction of sp³-hybridized carbons (Fsp3) is 0.900. The van der Waals surface area contributed by atoms with E-state index in [1.807, 2.05) is 0 Å². The Hall–Kier alpha value is -0.260. The average molecular weight is 272 g/mol. The van der Waals surface area contributed by atoms with E-state index in [1.165, 1.54) is 32.1 Å². The molecule has 3 saturated carbocycles. The lowest BCUT2D eigenvalue weighted by atomic mass is 9.50. The van der Waals surface area contributed by atoms with Gasteiger partial charge in [0.2, 0.25) is 0 Å². The lowest BCUT2D eigenvalue weighted by Crippen LogP contribution is -2.47. The van der Waals surface area contributed by atoms with Gasteiger partial charge in [0.15, 0.2) is 0 Å². The van der Waals surface area contributed by atoms with Crippen molar-refractivity contribution in [2.75, 3.05) is 0 Å². The van der Waals surface area contributed by atoms with Gasteiger partial charge in [0.25, 0.3) is 0 Å². The molecular weight excluding hydrogens is 240 g/mol. The van der Waals surface area contributed by atoms with E-state index in [1.54, 1.807) is 37.7 Å². The minimum absolute atomic E-state index is 0.618. The van der Waals surface area contributed by atoms with Gasteiger partial charge >= 0.3 is 0 Å². The highest BCUT2D eigenvalue weighted by Crippen LogP contribution is 2.62. The molecule has 3 fully saturated rings. The summed E-state index contributed by atoms with van der Waals surface area (Å²) in [5, 5.41) is 0. The number of hydrogen-bond acceptors (Lipinski definition) is 0. The highest BCUT2D eigenvalue weighted by Gasteiger charge is 2.53. The highest BCUT2D eigenvalue weighted by molar-refractivity contribution is 5.21. The fourth-order valence-corrected chi connectivity index (χ4v) is 7.04. The van der Waals surface area contributed by atoms with Crippen LogP contribution in [-0.4, -0.2) is 0 Å². The molecular formula is C20H32. The fourth-order valence-electron chi connectivity index (χ4n) is 7.04. The molecule has 0 heteroatoms. The molecule has 0 N–H and O–H groups in total. The number of hydrogen-bond donors (Lipinski definition) is 0. The SMILES string of the molecule is CC[C@@]12C=C(C)C[C@H]1[C@@H]1CCC3CCCC[C@@H]3[C@H]1CC2. The maximum Gasteiger partial charge on any atom is -0.00841 e. The smallest absolute Gasteiger partial charge is 0.00841 e. The molecule has 112 valence electrons. The quantitative estimate of drug-likeness (QED) is 0.515. The second kappa shape index (κ2) is 4.89. The molecule has 4 aliphatic rings. The van der Waals surface area contributed by atoms with E-state index in [9.17, 15) is 0 Å². The summed E-state index contributed by atoms with van der Waals surface area (Å²) >= 11 is 0. The third kappa shape index (κ3) is 1.86. The van der Waals surface area contributed by atoms with Crippen molar-refractivity contribution in [3.05, 3.63) is 11.6 Å². The third-order valence-corrected chi connectivity index (χ3v) is 7.87. The second-order valence-corrected chi connectivity index (χ2v) is 8.54. The lowest BCUT2D eigenvalue weighted by Gasteiger charge is -2.55. The van der Waals surface area contributed by atoms with Crippen molar-refractivity contribution in [2.45, 2.75) is 78.1 Å². The molecule has 0 amide bonds. The monoisotopic (exact) mass is 272 g/mol. The van der Waals surface area contributed by atoms with Crippen molar-refractivity contribution in [1.29, 1.82) is 0 Å². The van der Waals surface area contributed by atoms with Gasteiger partial charge in [0, 0.05) is 0 Å². The zero-order valence-corrected chi connectivity index (χ0v) is 13.5. The molecule has 4 rings (SSSR count). The summed E-state index contributed by atoms with van der Waals surface area (Å²) in [5.41, 5.74) is 2.33. The van der Waals surface area contributed by atoms with Crippen molar-refractivity contribution in [2.24, 2.45) is 35.0 Å². The van der Waals surface area contributed by atoms with Gasteiger partial charge in [-0.25, -0.2) is 0 Å². The predicted molar refractivity (Wildman–Crippen MR) is 85.5 cm³/mol. The second-order valence-electron chi connectivity index (χ2n) is 8.54. The molecule has 0 radical (unpaired) electrons. The minimum Gasteiger partial charge on any atom is -0.0791 e. The van der Waals surface area contributed by atoms with E-state index in [4.69, 9.17) is 0 Å². The molecule has 1 unspecified atom stereocenters. The molecule has 20 heavy (non-hydrogen) atoms. The van der Waals surface area contributed by atoms with E-state index in [0.29, 0.717) is 5.41 Å². The third-order valence-electron chi connectivity index (χ3n) is 7.87. The molecule has 0 saturated heterocycles. The first-order valence-corrected chi connectivity index (χ1v) is 9.42. The summed E-state index contributed by atoms with van der Waals surface area (Å²) in [6, 6.07) is 0. The van der Waals surface area contributed by atoms with Crippen LogP contribution in [0.4, 0.5) is 0 Å². The summed E-state index contributed by atoms with van der Waals surface area (Å²) in [5.74, 6) is 5.46. The van der Waals surface area contributed by atoms with Gasteiger partial charge < -0.3 is 0 Å². The lowest BCUT2D eigenvalue weighted by molar-refractivity contribution is -0.0468. The van der Waals surface area contributed by atoms with E-state index >= 15 is 0 Å². The Labute approximate surface area is 125 Å². The maximum atomic E-state index is 2.71. The Bertz CT molecular complexity index is 406. The molecule has 6 atom stereocenters. The van der Waals surface area contributed by atoms with Gasteiger partial charge in [-0.2, -0.15) is 0 Å². The van der Waals surface area contributed by atoms with Crippen molar-refractivity contribution >= 4 is 0 Å². The predicted octanol–water partition coefficient (Wildman–Crippen LogP) is 5.98. The summed E-state index contributed by atoms with van der Waals surface area (Å²) in [6.45, 7) is 4.85. The first kappa shape index (κ1) is 13.4. The summed E-state index contributed by atoms with van der Waals surface area (Å²) in [6.07, 6.45) is 17.9. The Morgan fingerprint density at radius 3 is 2.70 bits per heavy atom. The standard InChI is InChI=1S/C20H32/c1-3-20-11-10-17-16-7-5-4-6-15(16)8-9-18(17)19(20)12-14(2)13-20/h13,15-19H,3-12H2,1-2H3/t15?,16-,17+,18+,19-,20+/m0/s1. The van der Waals surface area contributed by atoms with E-state index in [0.717, 1.165) is 29.6 Å². The van der Waals surface area contributed by atoms with Crippen LogP contribution in [0, 0.1) is 35.0 Å². The summed E-state index contributed by atoms with van der Waals surface area (Å²) in [7, 11) is 0. The highest BCUT2D eigenvalue weighted by atomic mass is 14.6. The molecule has 0 aliphatic heterocycles. The van der Waals surface area contributed by atoms with Gasteiger partial charge in [-0.1, -0.05) is 37.8 Å². The van der Waals surface area contributed by atoms with Gasteiger partial charge in [0.1, 0.15) is 0 Å². The zero-order valence-electron chi connectivity index (χ0n) is 13.5. The van der Waals surface area contributed by atoms with Crippen molar-refractivity contribution in [1.82, 2.24) is 0 Å². The molecule has 0 aromatic heterocycles. The van der Waals surface area contributed by atoms with Gasteiger partial charge in [-0.3, -0.25) is 0 Å². The largest absolute Gasteiger partial charge is 0.0791 e. The van der Waals surface area contributed by atoms with Crippen LogP contribution in [0.2, 0.25) is 0 Å². The molecule has 0 heterocycles. The molecule has 0 aromatic carbocycles. The van der Waals surface area contributed by atoms with Crippen LogP contribution in [0.3, 0.4) is 0 Å². The van der Waals surface area contributed by atoms with Gasteiger partial charge in [-0.15, -0.1) is 0 Å². The molecule has 4 aliphatic carbocycles. The Balaban J connectivity index is 1.60. The average Bonchev–Trinajstić information content (AvgIpc) is 2.84. The van der Waals surface area contributed by atoms with Crippen LogP contribution >= 0.6 is 0 Å². The molecule has 0 nitrogen and oxygen atoms in total. The van der Waals surface area contributed by atoms with Gasteiger partial charge in [0.05, 0.1) is 0 Å². The Morgan fingerprint density at radius 1 is 1.00 bits per heavy atom. The van der Waals surface area contributed by atoms with Crippen LogP contribution < -0.4 is 0 Å². The first-order chi connectivity index (χ1) is 9.73. The number of rotatable bonds is 1. The van der Waals surface area contributed by atoms with Crippen molar-refractivity contribution < 1.29 is 0 Å². The van der Waals surface area contributed by atoms with Crippen molar-refractivity contribution in [3.8, 4) is 0 Å². The van der Waals surface area contributed by atoms with E-state index in [2.05, 4.69) is 19.9 Å². The van der Waals surface area contributed by atoms with Crippen LogP contribution in [0.25, 0.3) is 0 Å². The zero-order chi connectivity index (χ0) is 13.7. The minimum atomic E-state index is 0.618. The van der Waals surface area contributed by atoms with Crippen molar-refractivity contribution in [3.63, 3.8) is 0 Å². The summed E-state index contributed by atoms with van der Waals surface area (Å²) in [4.78, 5) is 0. The molecule has 0 spiro atoms. The normalized spacial score (nSPS) is 50.9. The van der Waals surface area contributed by atoms with E-state index < -0.39 is 0 Å². The number of fused-ring (bicyclic) bond motifs is 5. The molecule has 0 bridgehead atoms. The van der Waals surface area contributed by atoms with Gasteiger partial charge in [-0.05, 0) is 86.9 Å². The van der Waals surface area contributed by atoms with Crippen LogP contribution in [0.15, 0.2) is 11.6 Å². The van der Waals surface area contributed by atoms with Crippen LogP contribution in [-0.2, 0) is 0 Å². The summed E-state index contributed by atoms with van der Waals surface area (Å²) < 4.78 is 0.